The van der Waals surface area contributed by atoms with Crippen LogP contribution in [0.5, 0.6) is 0 Å². The number of nitrogens with zero attached hydrogens (tertiary/aromatic N) is 1. The van der Waals surface area contributed by atoms with Gasteiger partial charge in [-0.15, -0.1) is 0 Å². The summed E-state index contributed by atoms with van der Waals surface area (Å²) in [5, 5.41) is 3.75. The van der Waals surface area contributed by atoms with Crippen molar-refractivity contribution in [2.24, 2.45) is 5.92 Å². The summed E-state index contributed by atoms with van der Waals surface area (Å²) in [4.78, 5) is 7.43. The number of nitrogens with one attached hydrogen (secondary N) is 2. The zero-order chi connectivity index (χ0) is 13.3. The Labute approximate surface area is 117 Å². The highest BCUT2D eigenvalue weighted by molar-refractivity contribution is 4.87. The average Bonchev–Trinajstić information content (AvgIpc) is 2.83. The van der Waals surface area contributed by atoms with Crippen LogP contribution in [0.1, 0.15) is 64.1 Å². The number of aryl methyl sites for hydroxylation is 1. The van der Waals surface area contributed by atoms with Crippen LogP contribution in [-0.4, -0.2) is 22.6 Å². The molecule has 3 nitrogen and oxygen atoms in total. The molecule has 1 heterocycles. The maximum atomic E-state index is 4.26. The summed E-state index contributed by atoms with van der Waals surface area (Å²) < 4.78 is 0. The molecule has 1 saturated carbocycles. The average molecular weight is 263 g/mol. The predicted octanol–water partition coefficient (Wildman–Crippen LogP) is 3.68. The first-order valence-corrected chi connectivity index (χ1v) is 8.10. The fourth-order valence-electron chi connectivity index (χ4n) is 3.28. The third-order valence-electron chi connectivity index (χ3n) is 4.36. The molecule has 2 unspecified atom stereocenters. The molecule has 1 aromatic rings. The van der Waals surface area contributed by atoms with Gasteiger partial charge in [-0.2, -0.15) is 0 Å². The quantitative estimate of drug-likeness (QED) is 0.582. The molecule has 19 heavy (non-hydrogen) atoms. The third kappa shape index (κ3) is 5.35. The molecule has 2 atom stereocenters. The van der Waals surface area contributed by atoms with Gasteiger partial charge in [0.15, 0.2) is 0 Å². The molecule has 2 N–H and O–H groups in total. The Hall–Kier alpha value is -0.830. The molecule has 0 radical (unpaired) electrons. The highest BCUT2D eigenvalue weighted by Crippen LogP contribution is 2.26. The maximum Gasteiger partial charge on any atom is 0.106 e. The molecular formula is C16H29N3. The molecule has 0 spiro atoms. The summed E-state index contributed by atoms with van der Waals surface area (Å²) in [6, 6.07) is 0.762. The van der Waals surface area contributed by atoms with Crippen molar-refractivity contribution in [3.63, 3.8) is 0 Å². The Balaban J connectivity index is 1.58. The van der Waals surface area contributed by atoms with Crippen LogP contribution >= 0.6 is 0 Å². The highest BCUT2D eigenvalue weighted by Gasteiger charge is 2.17. The largest absolute Gasteiger partial charge is 0.349 e. The minimum atomic E-state index is 0.762. The van der Waals surface area contributed by atoms with Crippen molar-refractivity contribution in [2.45, 2.75) is 70.8 Å². The lowest BCUT2D eigenvalue weighted by atomic mass is 9.95. The first kappa shape index (κ1) is 14.6. The Morgan fingerprint density at radius 1 is 1.32 bits per heavy atom. The normalized spacial score (nSPS) is 24.3. The molecule has 0 amide bonds. The Morgan fingerprint density at radius 3 is 3.05 bits per heavy atom. The summed E-state index contributed by atoms with van der Waals surface area (Å²) in [6.45, 7) is 3.44. The Bertz CT molecular complexity index is 321. The van der Waals surface area contributed by atoms with Crippen molar-refractivity contribution < 1.29 is 0 Å². The minimum Gasteiger partial charge on any atom is -0.349 e. The predicted molar refractivity (Wildman–Crippen MR) is 80.2 cm³/mol. The van der Waals surface area contributed by atoms with Gasteiger partial charge in [0.2, 0.25) is 0 Å². The molecule has 3 heteroatoms. The van der Waals surface area contributed by atoms with Crippen molar-refractivity contribution in [1.82, 2.24) is 15.3 Å². The van der Waals surface area contributed by atoms with Crippen molar-refractivity contribution in [2.75, 3.05) is 6.54 Å². The van der Waals surface area contributed by atoms with Gasteiger partial charge >= 0.3 is 0 Å². The van der Waals surface area contributed by atoms with Crippen LogP contribution in [0.4, 0.5) is 0 Å². The summed E-state index contributed by atoms with van der Waals surface area (Å²) in [5.41, 5.74) is 0. The lowest BCUT2D eigenvalue weighted by Gasteiger charge is -2.16. The smallest absolute Gasteiger partial charge is 0.106 e. The van der Waals surface area contributed by atoms with Gasteiger partial charge in [0.05, 0.1) is 0 Å². The van der Waals surface area contributed by atoms with E-state index >= 15 is 0 Å². The van der Waals surface area contributed by atoms with Crippen LogP contribution in [0.2, 0.25) is 0 Å². The minimum absolute atomic E-state index is 0.762. The Morgan fingerprint density at radius 2 is 2.26 bits per heavy atom. The van der Waals surface area contributed by atoms with Crippen LogP contribution in [0.25, 0.3) is 0 Å². The molecule has 2 rings (SSSR count). The second-order valence-electron chi connectivity index (χ2n) is 5.95. The van der Waals surface area contributed by atoms with Gasteiger partial charge in [0.1, 0.15) is 5.82 Å². The van der Waals surface area contributed by atoms with Gasteiger partial charge in [-0.1, -0.05) is 32.6 Å². The second kappa shape index (κ2) is 8.36. The van der Waals surface area contributed by atoms with Crippen LogP contribution in [0.15, 0.2) is 12.4 Å². The van der Waals surface area contributed by atoms with Gasteiger partial charge < -0.3 is 10.3 Å². The molecule has 1 fully saturated rings. The standard InChI is InChI=1S/C16H29N3/c1-2-5-14-6-3-7-15(10-9-14)17-11-4-8-16-18-12-13-19-16/h12-15,17H,2-11H2,1H3,(H,18,19). The number of H-pyrrole nitrogens is 1. The fourth-order valence-corrected chi connectivity index (χ4v) is 3.28. The lowest BCUT2D eigenvalue weighted by Crippen LogP contribution is -2.29. The number of hydrogen-bond acceptors (Lipinski definition) is 2. The van der Waals surface area contributed by atoms with E-state index in [0.29, 0.717) is 0 Å². The molecular weight excluding hydrogens is 234 g/mol. The SMILES string of the molecule is CCCC1CCCC(NCCCc2ncc[nH]2)CC1. The van der Waals surface area contributed by atoms with E-state index in [4.69, 9.17) is 0 Å². The molecule has 1 aliphatic carbocycles. The number of aromatic amines is 1. The molecule has 1 aromatic heterocycles. The third-order valence-corrected chi connectivity index (χ3v) is 4.36. The summed E-state index contributed by atoms with van der Waals surface area (Å²) in [7, 11) is 0. The van der Waals surface area contributed by atoms with Crippen molar-refractivity contribution >= 4 is 0 Å². The first-order valence-electron chi connectivity index (χ1n) is 8.10. The van der Waals surface area contributed by atoms with E-state index in [2.05, 4.69) is 22.2 Å². The summed E-state index contributed by atoms with van der Waals surface area (Å²) >= 11 is 0. The Kier molecular flexibility index (Phi) is 6.42. The van der Waals surface area contributed by atoms with Gasteiger partial charge in [-0.05, 0) is 38.1 Å². The van der Waals surface area contributed by atoms with Crippen LogP contribution in [0.3, 0.4) is 0 Å². The van der Waals surface area contributed by atoms with Gasteiger partial charge in [0, 0.05) is 24.9 Å². The van der Waals surface area contributed by atoms with Crippen LogP contribution < -0.4 is 5.32 Å². The van der Waals surface area contributed by atoms with Crippen LogP contribution in [0, 0.1) is 5.92 Å². The van der Waals surface area contributed by atoms with E-state index in [1.807, 2.05) is 12.4 Å². The maximum absolute atomic E-state index is 4.26. The highest BCUT2D eigenvalue weighted by atomic mass is 14.9. The zero-order valence-electron chi connectivity index (χ0n) is 12.3. The van der Waals surface area contributed by atoms with E-state index in [1.165, 1.54) is 51.4 Å². The van der Waals surface area contributed by atoms with Gasteiger partial charge in [-0.25, -0.2) is 4.98 Å². The monoisotopic (exact) mass is 263 g/mol. The van der Waals surface area contributed by atoms with Crippen molar-refractivity contribution in [1.29, 1.82) is 0 Å². The van der Waals surface area contributed by atoms with E-state index < -0.39 is 0 Å². The molecule has 108 valence electrons. The van der Waals surface area contributed by atoms with E-state index in [1.54, 1.807) is 0 Å². The summed E-state index contributed by atoms with van der Waals surface area (Å²) in [6.07, 6.45) is 15.8. The fraction of sp³-hybridized carbons (Fsp3) is 0.812. The van der Waals surface area contributed by atoms with E-state index in [0.717, 1.165) is 30.7 Å². The second-order valence-corrected chi connectivity index (χ2v) is 5.95. The lowest BCUT2D eigenvalue weighted by molar-refractivity contribution is 0.409. The molecule has 0 aromatic carbocycles. The topological polar surface area (TPSA) is 40.7 Å². The van der Waals surface area contributed by atoms with Crippen molar-refractivity contribution in [3.8, 4) is 0 Å². The molecule has 1 aliphatic rings. The van der Waals surface area contributed by atoms with Crippen molar-refractivity contribution in [3.05, 3.63) is 18.2 Å². The van der Waals surface area contributed by atoms with E-state index in [-0.39, 0.29) is 0 Å². The summed E-state index contributed by atoms with van der Waals surface area (Å²) in [5.74, 6) is 2.12. The number of hydrogen-bond donors (Lipinski definition) is 2. The number of aromatic nitrogens is 2. The molecule has 0 aliphatic heterocycles. The number of rotatable bonds is 7. The molecule has 0 bridgehead atoms. The van der Waals surface area contributed by atoms with E-state index in [9.17, 15) is 0 Å². The first-order chi connectivity index (χ1) is 9.38. The van der Waals surface area contributed by atoms with Gasteiger partial charge in [-0.3, -0.25) is 0 Å². The number of imidazole rings is 1. The molecule has 0 saturated heterocycles. The zero-order valence-corrected chi connectivity index (χ0v) is 12.3. The van der Waals surface area contributed by atoms with Gasteiger partial charge in [0.25, 0.3) is 0 Å². The van der Waals surface area contributed by atoms with Crippen LogP contribution in [-0.2, 0) is 6.42 Å².